The lowest BCUT2D eigenvalue weighted by Gasteiger charge is -2.28. The highest BCUT2D eigenvalue weighted by Gasteiger charge is 2.56. The lowest BCUT2D eigenvalue weighted by Crippen LogP contribution is -2.40. The highest BCUT2D eigenvalue weighted by molar-refractivity contribution is 7.18. The number of primary amides is 1. The van der Waals surface area contributed by atoms with Crippen molar-refractivity contribution in [3.63, 3.8) is 0 Å². The van der Waals surface area contributed by atoms with E-state index in [1.807, 2.05) is 0 Å². The van der Waals surface area contributed by atoms with Gasteiger partial charge < -0.3 is 25.4 Å². The summed E-state index contributed by atoms with van der Waals surface area (Å²) in [5, 5.41) is 25.1. The molecule has 1 unspecified atom stereocenters. The van der Waals surface area contributed by atoms with Crippen LogP contribution in [0.3, 0.4) is 0 Å². The number of halogens is 1. The number of carboxylic acid groups (broad SMARTS) is 1. The number of hydrogen-bond acceptors (Lipinski definition) is 7. The number of thiazole rings is 1. The van der Waals surface area contributed by atoms with E-state index in [9.17, 15) is 24.2 Å². The molecule has 1 aliphatic carbocycles. The van der Waals surface area contributed by atoms with Gasteiger partial charge in [-0.3, -0.25) is 4.79 Å². The van der Waals surface area contributed by atoms with E-state index in [1.54, 1.807) is 12.1 Å². The van der Waals surface area contributed by atoms with Crippen molar-refractivity contribution in [1.29, 1.82) is 0 Å². The number of benzene rings is 1. The first kappa shape index (κ1) is 19.9. The minimum Gasteiger partial charge on any atom is -0.465 e. The topological polar surface area (TPSA) is 143 Å². The number of rotatable bonds is 4. The summed E-state index contributed by atoms with van der Waals surface area (Å²) in [6.07, 6.45) is -0.218. The van der Waals surface area contributed by atoms with Gasteiger partial charge in [-0.05, 0) is 36.8 Å². The number of amides is 2. The molecular weight excluding hydrogens is 427 g/mol. The van der Waals surface area contributed by atoms with Crippen molar-refractivity contribution in [2.75, 3.05) is 6.54 Å². The molecule has 11 heteroatoms. The van der Waals surface area contributed by atoms with Crippen molar-refractivity contribution in [2.45, 2.75) is 30.9 Å². The Morgan fingerprint density at radius 1 is 1.39 bits per heavy atom. The van der Waals surface area contributed by atoms with Crippen LogP contribution in [0.5, 0.6) is 0 Å². The molecule has 162 valence electrons. The molecule has 31 heavy (non-hydrogen) atoms. The van der Waals surface area contributed by atoms with Crippen LogP contribution in [0, 0.1) is 17.7 Å². The van der Waals surface area contributed by atoms with Gasteiger partial charge in [-0.25, -0.2) is 14.2 Å². The third-order valence-corrected chi connectivity index (χ3v) is 7.55. The Labute approximate surface area is 179 Å². The Balaban J connectivity index is 1.43. The summed E-state index contributed by atoms with van der Waals surface area (Å²) < 4.78 is 19.9. The van der Waals surface area contributed by atoms with Gasteiger partial charge in [0, 0.05) is 25.1 Å². The molecule has 1 aliphatic heterocycles. The molecule has 4 N–H and O–H groups in total. The van der Waals surface area contributed by atoms with Crippen LogP contribution in [0.1, 0.15) is 34.1 Å². The van der Waals surface area contributed by atoms with Gasteiger partial charge in [0.25, 0.3) is 5.91 Å². The number of aliphatic hydroxyl groups is 1. The Morgan fingerprint density at radius 3 is 2.87 bits per heavy atom. The fourth-order valence-corrected chi connectivity index (χ4v) is 6.08. The quantitative estimate of drug-likeness (QED) is 0.558. The van der Waals surface area contributed by atoms with E-state index in [4.69, 9.17) is 10.3 Å². The van der Waals surface area contributed by atoms with Gasteiger partial charge in [-0.1, -0.05) is 11.2 Å². The van der Waals surface area contributed by atoms with Crippen LogP contribution >= 0.6 is 11.3 Å². The van der Waals surface area contributed by atoms with Crippen molar-refractivity contribution < 1.29 is 28.7 Å². The molecule has 2 fully saturated rings. The number of nitrogens with two attached hydrogens (primary N) is 1. The summed E-state index contributed by atoms with van der Waals surface area (Å²) in [6, 6.07) is 5.64. The molecule has 2 aromatic heterocycles. The number of hydrogen-bond donors (Lipinski definition) is 3. The van der Waals surface area contributed by atoms with Gasteiger partial charge in [0.05, 0.1) is 4.70 Å². The zero-order valence-electron chi connectivity index (χ0n) is 16.2. The number of likely N-dealkylation sites (tertiary alicyclic amines) is 1. The Kier molecular flexibility index (Phi) is 4.48. The minimum absolute atomic E-state index is 0.0224. The molecule has 0 radical (unpaired) electrons. The van der Waals surface area contributed by atoms with E-state index < -0.39 is 29.5 Å². The standard InChI is InChI=1S/C20H19FN4O5S/c21-12-2-1-3-15-16(12)23-18(31-15)20(29)6-9-8-25(19(27)28)14(11(9)7-20)5-10-4-13(17(22)26)24-30-10/h1-4,9,11,14,29H,5-8H2,(H2,22,26)(H,27,28)/t9-,11-,14?,20+/m0/s1. The maximum Gasteiger partial charge on any atom is 0.407 e. The van der Waals surface area contributed by atoms with Gasteiger partial charge in [-0.2, -0.15) is 0 Å². The molecule has 0 spiro atoms. The number of carbonyl (C=O) groups excluding carboxylic acids is 1. The van der Waals surface area contributed by atoms with Gasteiger partial charge in [-0.15, -0.1) is 11.3 Å². The summed E-state index contributed by atoms with van der Waals surface area (Å²) in [7, 11) is 0. The Morgan fingerprint density at radius 2 is 2.19 bits per heavy atom. The number of fused-ring (bicyclic) bond motifs is 2. The first-order chi connectivity index (χ1) is 14.7. The summed E-state index contributed by atoms with van der Waals surface area (Å²) in [6.45, 7) is 0.267. The van der Waals surface area contributed by atoms with Crippen LogP contribution in [-0.2, 0) is 12.0 Å². The highest BCUT2D eigenvalue weighted by Crippen LogP contribution is 2.53. The molecule has 1 saturated carbocycles. The van der Waals surface area contributed by atoms with Crippen LogP contribution in [0.2, 0.25) is 0 Å². The fourth-order valence-electron chi connectivity index (χ4n) is 5.00. The number of nitrogens with zero attached hydrogens (tertiary/aromatic N) is 3. The van der Waals surface area contributed by atoms with Crippen molar-refractivity contribution in [2.24, 2.45) is 17.6 Å². The average molecular weight is 446 g/mol. The van der Waals surface area contributed by atoms with Crippen molar-refractivity contribution >= 4 is 33.6 Å². The van der Waals surface area contributed by atoms with E-state index in [0.717, 1.165) is 0 Å². The number of carbonyl (C=O) groups is 2. The van der Waals surface area contributed by atoms with Crippen LogP contribution in [0.15, 0.2) is 28.8 Å². The van der Waals surface area contributed by atoms with Crippen LogP contribution in [-0.4, -0.2) is 49.8 Å². The van der Waals surface area contributed by atoms with Gasteiger partial charge in [0.1, 0.15) is 27.7 Å². The lowest BCUT2D eigenvalue weighted by atomic mass is 9.91. The molecular formula is C20H19FN4O5S. The molecule has 3 heterocycles. The van der Waals surface area contributed by atoms with Crippen LogP contribution in [0.4, 0.5) is 9.18 Å². The number of aromatic nitrogens is 2. The van der Waals surface area contributed by atoms with E-state index in [1.165, 1.54) is 28.4 Å². The third-order valence-electron chi connectivity index (χ3n) is 6.34. The smallest absolute Gasteiger partial charge is 0.407 e. The molecule has 1 aromatic carbocycles. The maximum absolute atomic E-state index is 14.1. The molecule has 4 atom stereocenters. The largest absolute Gasteiger partial charge is 0.465 e. The molecule has 3 aromatic rings. The van der Waals surface area contributed by atoms with Crippen molar-refractivity contribution in [3.05, 3.63) is 46.5 Å². The highest BCUT2D eigenvalue weighted by atomic mass is 32.1. The Hall–Kier alpha value is -3.05. The van der Waals surface area contributed by atoms with E-state index in [2.05, 4.69) is 10.1 Å². The van der Waals surface area contributed by atoms with E-state index in [-0.39, 0.29) is 36.0 Å². The second kappa shape index (κ2) is 6.99. The van der Waals surface area contributed by atoms with Crippen molar-refractivity contribution in [1.82, 2.24) is 15.0 Å². The second-order valence-corrected chi connectivity index (χ2v) is 9.25. The number of para-hydroxylation sites is 1. The summed E-state index contributed by atoms with van der Waals surface area (Å²) in [5.41, 5.74) is 4.16. The van der Waals surface area contributed by atoms with E-state index in [0.29, 0.717) is 28.3 Å². The van der Waals surface area contributed by atoms with Gasteiger partial charge in [0.15, 0.2) is 5.69 Å². The maximum atomic E-state index is 14.1. The molecule has 5 rings (SSSR count). The monoisotopic (exact) mass is 446 g/mol. The summed E-state index contributed by atoms with van der Waals surface area (Å²) in [5.74, 6) is -1.05. The van der Waals surface area contributed by atoms with Crippen molar-refractivity contribution in [3.8, 4) is 0 Å². The SMILES string of the molecule is NC(=O)c1cc(CC2[C@H]3C[C@@](O)(c4nc5c(F)cccc5s4)C[C@H]3CN2C(=O)O)on1. The lowest BCUT2D eigenvalue weighted by molar-refractivity contribution is 0.0262. The van der Waals surface area contributed by atoms with Crippen LogP contribution < -0.4 is 5.73 Å². The third kappa shape index (κ3) is 3.24. The second-order valence-electron chi connectivity index (χ2n) is 8.22. The minimum atomic E-state index is -1.26. The first-order valence-electron chi connectivity index (χ1n) is 9.78. The fraction of sp³-hybridized carbons (Fsp3) is 0.400. The Bertz CT molecular complexity index is 1200. The first-order valence-corrected chi connectivity index (χ1v) is 10.6. The molecule has 0 bridgehead atoms. The molecule has 2 aliphatic rings. The molecule has 1 saturated heterocycles. The normalized spacial score (nSPS) is 27.7. The van der Waals surface area contributed by atoms with E-state index >= 15 is 0 Å². The zero-order chi connectivity index (χ0) is 21.9. The van der Waals surface area contributed by atoms with Gasteiger partial charge >= 0.3 is 6.09 Å². The average Bonchev–Trinajstić information content (AvgIpc) is 3.45. The van der Waals surface area contributed by atoms with Crippen LogP contribution in [0.25, 0.3) is 10.2 Å². The summed E-state index contributed by atoms with van der Waals surface area (Å²) in [4.78, 5) is 28.8. The molecule has 9 nitrogen and oxygen atoms in total. The predicted octanol–water partition coefficient (Wildman–Crippen LogP) is 2.34. The predicted molar refractivity (Wildman–Crippen MR) is 107 cm³/mol. The zero-order valence-corrected chi connectivity index (χ0v) is 17.0. The molecule has 2 amide bonds. The van der Waals surface area contributed by atoms with Gasteiger partial charge in [0.2, 0.25) is 0 Å². The summed E-state index contributed by atoms with van der Waals surface area (Å²) >= 11 is 1.25.